The van der Waals surface area contributed by atoms with E-state index >= 15 is 0 Å². The first-order valence-electron chi connectivity index (χ1n) is 12.1. The van der Waals surface area contributed by atoms with E-state index in [1.807, 2.05) is 47.0 Å². The summed E-state index contributed by atoms with van der Waals surface area (Å²) in [6, 6.07) is 18.0. The lowest BCUT2D eigenvalue weighted by molar-refractivity contribution is 0.0955. The number of nitrogens with one attached hydrogen (secondary N) is 1. The molecule has 6 nitrogen and oxygen atoms in total. The standard InChI is InChI=1S/C27H33N5O/c1-2-3-4-5-11-19-32-25(28)23(24-26(32)31-22-17-10-9-16-21(22)30-24)27(33)29-18-12-15-20-13-7-6-8-14-20/h6-10,13-14,16-17H,2-5,11-12,15,18-19,28H2,1H3,(H,29,33). The number of nitrogens with two attached hydrogens (primary N) is 1. The average Bonchev–Trinajstić information content (AvgIpc) is 3.11. The van der Waals surface area contributed by atoms with Crippen molar-refractivity contribution in [2.24, 2.45) is 0 Å². The number of carbonyl (C=O) groups is 1. The van der Waals surface area contributed by atoms with Gasteiger partial charge in [0.1, 0.15) is 16.9 Å². The van der Waals surface area contributed by atoms with E-state index in [0.29, 0.717) is 29.1 Å². The van der Waals surface area contributed by atoms with Crippen LogP contribution in [0.3, 0.4) is 0 Å². The summed E-state index contributed by atoms with van der Waals surface area (Å²) in [5.41, 5.74) is 11.1. The summed E-state index contributed by atoms with van der Waals surface area (Å²) in [5, 5.41) is 3.05. The molecule has 3 N–H and O–H groups in total. The van der Waals surface area contributed by atoms with Crippen molar-refractivity contribution in [3.8, 4) is 0 Å². The Morgan fingerprint density at radius 2 is 1.61 bits per heavy atom. The van der Waals surface area contributed by atoms with Gasteiger partial charge in [-0.05, 0) is 37.0 Å². The van der Waals surface area contributed by atoms with Gasteiger partial charge in [0.25, 0.3) is 5.91 Å². The molecule has 0 saturated carbocycles. The van der Waals surface area contributed by atoms with E-state index < -0.39 is 0 Å². The minimum atomic E-state index is -0.181. The topological polar surface area (TPSA) is 85.8 Å². The van der Waals surface area contributed by atoms with E-state index in [9.17, 15) is 4.79 Å². The van der Waals surface area contributed by atoms with E-state index in [1.165, 1.54) is 24.8 Å². The Kier molecular flexibility index (Phi) is 7.55. The quantitative estimate of drug-likeness (QED) is 0.300. The molecule has 4 rings (SSSR count). The zero-order chi connectivity index (χ0) is 23.0. The number of fused-ring (bicyclic) bond motifs is 2. The monoisotopic (exact) mass is 443 g/mol. The van der Waals surface area contributed by atoms with Crippen molar-refractivity contribution in [1.29, 1.82) is 0 Å². The van der Waals surface area contributed by atoms with Crippen LogP contribution < -0.4 is 11.1 Å². The molecular formula is C27H33N5O. The van der Waals surface area contributed by atoms with Crippen molar-refractivity contribution in [2.45, 2.75) is 58.4 Å². The summed E-state index contributed by atoms with van der Waals surface area (Å²) in [5.74, 6) is 0.274. The second-order valence-electron chi connectivity index (χ2n) is 8.56. The van der Waals surface area contributed by atoms with E-state index in [-0.39, 0.29) is 5.91 Å². The van der Waals surface area contributed by atoms with Gasteiger partial charge in [-0.15, -0.1) is 0 Å². The van der Waals surface area contributed by atoms with Crippen LogP contribution in [0, 0.1) is 0 Å². The minimum absolute atomic E-state index is 0.181. The molecule has 0 bridgehead atoms. The van der Waals surface area contributed by atoms with E-state index in [0.717, 1.165) is 43.3 Å². The lowest BCUT2D eigenvalue weighted by atomic mass is 10.1. The number of nitrogen functional groups attached to an aromatic ring is 1. The van der Waals surface area contributed by atoms with Gasteiger partial charge in [-0.2, -0.15) is 0 Å². The second kappa shape index (κ2) is 10.9. The predicted molar refractivity (Wildman–Crippen MR) is 135 cm³/mol. The zero-order valence-corrected chi connectivity index (χ0v) is 19.4. The maximum Gasteiger partial charge on any atom is 0.257 e. The first kappa shape index (κ1) is 22.8. The van der Waals surface area contributed by atoms with Crippen molar-refractivity contribution in [2.75, 3.05) is 12.3 Å². The second-order valence-corrected chi connectivity index (χ2v) is 8.56. The number of rotatable bonds is 11. The molecule has 1 amide bonds. The summed E-state index contributed by atoms with van der Waals surface area (Å²) in [4.78, 5) is 22.8. The van der Waals surface area contributed by atoms with Crippen LogP contribution in [0.4, 0.5) is 5.82 Å². The maximum absolute atomic E-state index is 13.2. The summed E-state index contributed by atoms with van der Waals surface area (Å²) >= 11 is 0. The van der Waals surface area contributed by atoms with Crippen LogP contribution in [0.1, 0.15) is 61.4 Å². The highest BCUT2D eigenvalue weighted by Gasteiger charge is 2.23. The molecule has 0 spiro atoms. The highest BCUT2D eigenvalue weighted by Crippen LogP contribution is 2.28. The molecule has 0 aliphatic carbocycles. The average molecular weight is 444 g/mol. The molecule has 0 atom stereocenters. The van der Waals surface area contributed by atoms with Gasteiger partial charge in [0.15, 0.2) is 5.65 Å². The van der Waals surface area contributed by atoms with Crippen LogP contribution in [0.15, 0.2) is 54.6 Å². The number of benzene rings is 2. The molecule has 2 heterocycles. The molecular weight excluding hydrogens is 410 g/mol. The third-order valence-corrected chi connectivity index (χ3v) is 6.07. The van der Waals surface area contributed by atoms with Gasteiger partial charge >= 0.3 is 0 Å². The molecule has 0 aliphatic heterocycles. The molecule has 0 radical (unpaired) electrons. The third-order valence-electron chi connectivity index (χ3n) is 6.07. The number of hydrogen-bond acceptors (Lipinski definition) is 4. The van der Waals surface area contributed by atoms with Crippen LogP contribution in [-0.2, 0) is 13.0 Å². The van der Waals surface area contributed by atoms with Gasteiger partial charge in [0.05, 0.1) is 11.0 Å². The number of anilines is 1. The first-order valence-corrected chi connectivity index (χ1v) is 12.1. The largest absolute Gasteiger partial charge is 0.384 e. The van der Waals surface area contributed by atoms with Gasteiger partial charge in [-0.1, -0.05) is 75.1 Å². The van der Waals surface area contributed by atoms with E-state index in [4.69, 9.17) is 15.7 Å². The Morgan fingerprint density at radius 1 is 0.909 bits per heavy atom. The molecule has 0 saturated heterocycles. The van der Waals surface area contributed by atoms with Crippen molar-refractivity contribution < 1.29 is 4.79 Å². The summed E-state index contributed by atoms with van der Waals surface area (Å²) in [7, 11) is 0. The fraction of sp³-hybridized carbons (Fsp3) is 0.370. The molecule has 33 heavy (non-hydrogen) atoms. The molecule has 0 unspecified atom stereocenters. The third kappa shape index (κ3) is 5.33. The Morgan fingerprint density at radius 3 is 2.36 bits per heavy atom. The van der Waals surface area contributed by atoms with E-state index in [2.05, 4.69) is 24.4 Å². The van der Waals surface area contributed by atoms with Crippen LogP contribution in [0.25, 0.3) is 22.2 Å². The van der Waals surface area contributed by atoms with Crippen LogP contribution in [0.5, 0.6) is 0 Å². The number of carbonyl (C=O) groups excluding carboxylic acids is 1. The van der Waals surface area contributed by atoms with Crippen molar-refractivity contribution in [3.05, 3.63) is 65.7 Å². The Labute approximate surface area is 195 Å². The number of hydrogen-bond donors (Lipinski definition) is 2. The summed E-state index contributed by atoms with van der Waals surface area (Å²) in [6.45, 7) is 3.53. The number of para-hydroxylation sites is 2. The van der Waals surface area contributed by atoms with Gasteiger partial charge in [-0.25, -0.2) is 9.97 Å². The SMILES string of the molecule is CCCCCCCn1c(N)c(C(=O)NCCCc2ccccc2)c2nc3ccccc3nc21. The summed E-state index contributed by atoms with van der Waals surface area (Å²) in [6.07, 6.45) is 7.57. The van der Waals surface area contributed by atoms with Crippen LogP contribution in [0.2, 0.25) is 0 Å². The number of unbranched alkanes of at least 4 members (excludes halogenated alkanes) is 4. The lowest BCUT2D eigenvalue weighted by Gasteiger charge is -2.08. The Bertz CT molecular complexity index is 1220. The zero-order valence-electron chi connectivity index (χ0n) is 19.4. The van der Waals surface area contributed by atoms with Gasteiger partial charge < -0.3 is 15.6 Å². The van der Waals surface area contributed by atoms with E-state index in [1.54, 1.807) is 0 Å². The Balaban J connectivity index is 1.55. The van der Waals surface area contributed by atoms with Crippen LogP contribution in [-0.4, -0.2) is 27.0 Å². The molecule has 172 valence electrons. The molecule has 2 aromatic carbocycles. The van der Waals surface area contributed by atoms with Crippen molar-refractivity contribution in [3.63, 3.8) is 0 Å². The highest BCUT2D eigenvalue weighted by atomic mass is 16.1. The van der Waals surface area contributed by atoms with Gasteiger partial charge in [-0.3, -0.25) is 4.79 Å². The predicted octanol–water partition coefficient (Wildman–Crippen LogP) is 5.50. The molecule has 0 fully saturated rings. The number of aryl methyl sites for hydroxylation is 2. The fourth-order valence-electron chi connectivity index (χ4n) is 4.27. The van der Waals surface area contributed by atoms with Crippen molar-refractivity contribution in [1.82, 2.24) is 19.9 Å². The van der Waals surface area contributed by atoms with Gasteiger partial charge in [0.2, 0.25) is 0 Å². The molecule has 6 heteroatoms. The molecule has 0 aliphatic rings. The molecule has 4 aromatic rings. The first-order chi connectivity index (χ1) is 16.2. The minimum Gasteiger partial charge on any atom is -0.384 e. The lowest BCUT2D eigenvalue weighted by Crippen LogP contribution is -2.25. The highest BCUT2D eigenvalue weighted by molar-refractivity contribution is 6.10. The van der Waals surface area contributed by atoms with Crippen molar-refractivity contribution >= 4 is 33.9 Å². The molecule has 2 aromatic heterocycles. The van der Waals surface area contributed by atoms with Crippen LogP contribution >= 0.6 is 0 Å². The fourth-order valence-corrected chi connectivity index (χ4v) is 4.27. The summed E-state index contributed by atoms with van der Waals surface area (Å²) < 4.78 is 1.97. The Hall–Kier alpha value is -3.41. The number of nitrogens with zero attached hydrogens (tertiary/aromatic N) is 3. The van der Waals surface area contributed by atoms with Gasteiger partial charge in [0, 0.05) is 13.1 Å². The normalized spacial score (nSPS) is 11.3. The smallest absolute Gasteiger partial charge is 0.257 e. The number of aromatic nitrogens is 3. The number of amides is 1. The maximum atomic E-state index is 13.2.